The summed E-state index contributed by atoms with van der Waals surface area (Å²) in [6.07, 6.45) is 2.30. The van der Waals surface area contributed by atoms with Gasteiger partial charge in [0.15, 0.2) is 12.0 Å². The van der Waals surface area contributed by atoms with Gasteiger partial charge in [-0.3, -0.25) is 14.9 Å². The Hall–Kier alpha value is -3.06. The number of benzene rings is 2. The van der Waals surface area contributed by atoms with E-state index >= 15 is 0 Å². The highest BCUT2D eigenvalue weighted by Gasteiger charge is 2.31. The van der Waals surface area contributed by atoms with Crippen molar-refractivity contribution >= 4 is 45.9 Å². The van der Waals surface area contributed by atoms with E-state index < -0.39 is 0 Å². The number of anilines is 2. The monoisotopic (exact) mass is 424 g/mol. The maximum absolute atomic E-state index is 12.3. The van der Waals surface area contributed by atoms with Gasteiger partial charge in [0.25, 0.3) is 0 Å². The quantitative estimate of drug-likeness (QED) is 0.650. The summed E-state index contributed by atoms with van der Waals surface area (Å²) in [6, 6.07) is 11.8. The van der Waals surface area contributed by atoms with Crippen molar-refractivity contribution < 1.29 is 14.0 Å². The molecule has 2 aliphatic rings. The van der Waals surface area contributed by atoms with Crippen LogP contribution in [0.4, 0.5) is 11.4 Å². The lowest BCUT2D eigenvalue weighted by Gasteiger charge is -2.38. The average Bonchev–Trinajstić information content (AvgIpc) is 3.24. The number of nitrogens with one attached hydrogen (secondary N) is 1. The molecule has 1 aromatic heterocycles. The number of para-hydroxylation sites is 1. The van der Waals surface area contributed by atoms with Crippen molar-refractivity contribution in [1.29, 1.82) is 0 Å². The maximum atomic E-state index is 12.3. The number of nitrogens with zero attached hydrogens (tertiary/aromatic N) is 3. The number of rotatable bonds is 3. The largest absolute Gasteiger partial charge is 0.443 e. The van der Waals surface area contributed by atoms with Crippen molar-refractivity contribution in [2.75, 3.05) is 36.0 Å². The SMILES string of the molecule is O=C1CCC(c2cccc(N3CCN(c4cccc5ocnc45)CC3)c2Cl)C(=O)N1. The molecule has 7 nitrogen and oxygen atoms in total. The maximum Gasteiger partial charge on any atom is 0.234 e. The number of hydrogen-bond donors (Lipinski definition) is 1. The molecule has 5 rings (SSSR count). The van der Waals surface area contributed by atoms with Crippen LogP contribution in [0.1, 0.15) is 24.3 Å². The molecule has 2 aliphatic heterocycles. The van der Waals surface area contributed by atoms with E-state index in [4.69, 9.17) is 16.0 Å². The summed E-state index contributed by atoms with van der Waals surface area (Å²) in [6.45, 7) is 3.25. The molecular weight excluding hydrogens is 404 g/mol. The van der Waals surface area contributed by atoms with Crippen LogP contribution in [-0.4, -0.2) is 43.0 Å². The number of amides is 2. The van der Waals surface area contributed by atoms with Crippen LogP contribution in [0, 0.1) is 0 Å². The average molecular weight is 425 g/mol. The number of carbonyl (C=O) groups is 2. The van der Waals surface area contributed by atoms with Gasteiger partial charge in [0.1, 0.15) is 5.52 Å². The summed E-state index contributed by atoms with van der Waals surface area (Å²) in [5, 5.41) is 3.02. The highest BCUT2D eigenvalue weighted by atomic mass is 35.5. The molecule has 3 heterocycles. The lowest BCUT2D eigenvalue weighted by molar-refractivity contribution is -0.134. The zero-order chi connectivity index (χ0) is 20.7. The summed E-state index contributed by atoms with van der Waals surface area (Å²) < 4.78 is 5.42. The van der Waals surface area contributed by atoms with Gasteiger partial charge in [0.05, 0.1) is 22.3 Å². The van der Waals surface area contributed by atoms with Crippen LogP contribution in [0.2, 0.25) is 5.02 Å². The van der Waals surface area contributed by atoms with Crippen molar-refractivity contribution in [2.45, 2.75) is 18.8 Å². The van der Waals surface area contributed by atoms with Crippen molar-refractivity contribution in [3.8, 4) is 0 Å². The predicted octanol–water partition coefficient (Wildman–Crippen LogP) is 3.33. The Labute approximate surface area is 178 Å². The summed E-state index contributed by atoms with van der Waals surface area (Å²) >= 11 is 6.75. The fraction of sp³-hybridized carbons (Fsp3) is 0.318. The third-order valence-corrected chi connectivity index (χ3v) is 6.33. The molecule has 0 radical (unpaired) electrons. The van der Waals surface area contributed by atoms with E-state index in [1.165, 1.54) is 6.39 Å². The molecule has 2 aromatic carbocycles. The minimum atomic E-state index is -0.388. The van der Waals surface area contributed by atoms with E-state index in [-0.39, 0.29) is 17.7 Å². The van der Waals surface area contributed by atoms with Gasteiger partial charge < -0.3 is 14.2 Å². The molecule has 2 saturated heterocycles. The second-order valence-electron chi connectivity index (χ2n) is 7.63. The number of piperidine rings is 1. The standard InChI is InChI=1S/C22H21ClN4O3/c23-20-14(15-7-8-19(28)25-22(15)29)3-1-4-16(20)26-9-11-27(12-10-26)17-5-2-6-18-21(17)24-13-30-18/h1-6,13,15H,7-12H2,(H,25,28,29). The van der Waals surface area contributed by atoms with Crippen LogP contribution in [0.5, 0.6) is 0 Å². The minimum absolute atomic E-state index is 0.221. The van der Waals surface area contributed by atoms with E-state index in [0.29, 0.717) is 17.9 Å². The third kappa shape index (κ3) is 3.29. The van der Waals surface area contributed by atoms with E-state index in [9.17, 15) is 9.59 Å². The molecule has 8 heteroatoms. The lowest BCUT2D eigenvalue weighted by Crippen LogP contribution is -2.46. The molecule has 0 bridgehead atoms. The summed E-state index contributed by atoms with van der Waals surface area (Å²) in [5.74, 6) is -0.876. The second-order valence-corrected chi connectivity index (χ2v) is 8.01. The third-order valence-electron chi connectivity index (χ3n) is 5.92. The van der Waals surface area contributed by atoms with Gasteiger partial charge in [-0.2, -0.15) is 0 Å². The van der Waals surface area contributed by atoms with Crippen LogP contribution in [0.25, 0.3) is 11.1 Å². The fourth-order valence-electron chi connectivity index (χ4n) is 4.36. The Kier molecular flexibility index (Phi) is 4.83. The van der Waals surface area contributed by atoms with Crippen molar-refractivity contribution in [1.82, 2.24) is 10.3 Å². The predicted molar refractivity (Wildman–Crippen MR) is 115 cm³/mol. The number of halogens is 1. The first-order valence-electron chi connectivity index (χ1n) is 10.1. The summed E-state index contributed by atoms with van der Waals surface area (Å²) in [7, 11) is 0. The molecule has 154 valence electrons. The van der Waals surface area contributed by atoms with Crippen LogP contribution in [0.15, 0.2) is 47.2 Å². The molecule has 2 fully saturated rings. The number of hydrogen-bond acceptors (Lipinski definition) is 6. The van der Waals surface area contributed by atoms with Gasteiger partial charge in [-0.05, 0) is 30.2 Å². The molecule has 0 spiro atoms. The van der Waals surface area contributed by atoms with Crippen LogP contribution < -0.4 is 15.1 Å². The Morgan fingerprint density at radius 2 is 1.70 bits per heavy atom. The number of piperazine rings is 1. The molecule has 0 aliphatic carbocycles. The number of carbonyl (C=O) groups excluding carboxylic acids is 2. The lowest BCUT2D eigenvalue weighted by atomic mass is 9.90. The number of imide groups is 1. The van der Waals surface area contributed by atoms with Gasteiger partial charge >= 0.3 is 0 Å². The van der Waals surface area contributed by atoms with Gasteiger partial charge in [-0.15, -0.1) is 0 Å². The van der Waals surface area contributed by atoms with E-state index in [1.54, 1.807) is 0 Å². The molecule has 1 atom stereocenters. The van der Waals surface area contributed by atoms with Gasteiger partial charge in [0.2, 0.25) is 11.8 Å². The highest BCUT2D eigenvalue weighted by Crippen LogP contribution is 2.37. The van der Waals surface area contributed by atoms with Crippen LogP contribution >= 0.6 is 11.6 Å². The van der Waals surface area contributed by atoms with E-state index in [0.717, 1.165) is 54.2 Å². The van der Waals surface area contributed by atoms with E-state index in [2.05, 4.69) is 26.2 Å². The summed E-state index contributed by atoms with van der Waals surface area (Å²) in [4.78, 5) is 32.7. The minimum Gasteiger partial charge on any atom is -0.443 e. The smallest absolute Gasteiger partial charge is 0.234 e. The number of oxazole rings is 1. The Morgan fingerprint density at radius 1 is 1.00 bits per heavy atom. The molecule has 0 saturated carbocycles. The molecule has 1 N–H and O–H groups in total. The van der Waals surface area contributed by atoms with Crippen LogP contribution in [0.3, 0.4) is 0 Å². The zero-order valence-corrected chi connectivity index (χ0v) is 17.1. The molecule has 1 unspecified atom stereocenters. The van der Waals surface area contributed by atoms with Gasteiger partial charge in [0, 0.05) is 32.6 Å². The first kappa shape index (κ1) is 18.9. The first-order chi connectivity index (χ1) is 14.6. The number of aromatic nitrogens is 1. The Bertz CT molecular complexity index is 1120. The molecular formula is C22H21ClN4O3. The number of fused-ring (bicyclic) bond motifs is 1. The zero-order valence-electron chi connectivity index (χ0n) is 16.3. The normalized spacial score (nSPS) is 20.0. The molecule has 3 aromatic rings. The Morgan fingerprint density at radius 3 is 2.47 bits per heavy atom. The van der Waals surface area contributed by atoms with Crippen molar-refractivity contribution in [3.05, 3.63) is 53.4 Å². The first-order valence-corrected chi connectivity index (χ1v) is 10.4. The van der Waals surface area contributed by atoms with Gasteiger partial charge in [-0.25, -0.2) is 4.98 Å². The molecule has 2 amide bonds. The second kappa shape index (κ2) is 7.65. The van der Waals surface area contributed by atoms with Crippen LogP contribution in [-0.2, 0) is 9.59 Å². The van der Waals surface area contributed by atoms with Crippen molar-refractivity contribution in [3.63, 3.8) is 0 Å². The Balaban J connectivity index is 1.35. The topological polar surface area (TPSA) is 78.7 Å². The highest BCUT2D eigenvalue weighted by molar-refractivity contribution is 6.34. The fourth-order valence-corrected chi connectivity index (χ4v) is 4.73. The summed E-state index contributed by atoms with van der Waals surface area (Å²) in [5.41, 5.74) is 4.45. The van der Waals surface area contributed by atoms with E-state index in [1.807, 2.05) is 30.3 Å². The van der Waals surface area contributed by atoms with Crippen molar-refractivity contribution in [2.24, 2.45) is 0 Å². The molecule has 30 heavy (non-hydrogen) atoms. The van der Waals surface area contributed by atoms with Gasteiger partial charge in [-0.1, -0.05) is 29.8 Å².